The summed E-state index contributed by atoms with van der Waals surface area (Å²) >= 11 is 0. The first kappa shape index (κ1) is 15.3. The van der Waals surface area contributed by atoms with Crippen LogP contribution in [0.25, 0.3) is 0 Å². The van der Waals surface area contributed by atoms with Crippen LogP contribution in [0.1, 0.15) is 46.5 Å². The summed E-state index contributed by atoms with van der Waals surface area (Å²) in [7, 11) is 1.72. The Balaban J connectivity index is 2.71. The lowest BCUT2D eigenvalue weighted by molar-refractivity contribution is 0.267. The first-order valence-corrected chi connectivity index (χ1v) is 7.27. The molecule has 4 heteroatoms. The first-order valence-electron chi connectivity index (χ1n) is 7.27. The van der Waals surface area contributed by atoms with Crippen LogP contribution in [-0.4, -0.2) is 25.1 Å². The van der Waals surface area contributed by atoms with E-state index in [1.165, 1.54) is 6.42 Å². The third-order valence-corrected chi connectivity index (χ3v) is 4.51. The molecule has 1 fully saturated rings. The molecule has 0 bridgehead atoms. The SMILES string of the molecule is CCC(CC)C(N)[C@@H]1C[C@@H](C)C[C@H]1NC(N)=NC. The van der Waals surface area contributed by atoms with Crippen LogP contribution in [0.5, 0.6) is 0 Å². The Bertz CT molecular complexity index is 273. The molecule has 0 aromatic heterocycles. The van der Waals surface area contributed by atoms with Crippen molar-refractivity contribution < 1.29 is 0 Å². The topological polar surface area (TPSA) is 76.4 Å². The van der Waals surface area contributed by atoms with Gasteiger partial charge in [0.2, 0.25) is 0 Å². The van der Waals surface area contributed by atoms with Gasteiger partial charge < -0.3 is 16.8 Å². The van der Waals surface area contributed by atoms with Gasteiger partial charge in [0.15, 0.2) is 5.96 Å². The molecule has 0 aromatic rings. The fraction of sp³-hybridized carbons (Fsp3) is 0.929. The predicted octanol–water partition coefficient (Wildman–Crippen LogP) is 1.70. The summed E-state index contributed by atoms with van der Waals surface area (Å²) in [6.45, 7) is 6.76. The Morgan fingerprint density at radius 3 is 2.44 bits per heavy atom. The lowest BCUT2D eigenvalue weighted by Gasteiger charge is -2.31. The van der Waals surface area contributed by atoms with E-state index in [0.29, 0.717) is 23.8 Å². The van der Waals surface area contributed by atoms with Crippen molar-refractivity contribution in [2.45, 2.75) is 58.5 Å². The van der Waals surface area contributed by atoms with Gasteiger partial charge in [-0.05, 0) is 30.6 Å². The van der Waals surface area contributed by atoms with E-state index in [4.69, 9.17) is 11.5 Å². The zero-order chi connectivity index (χ0) is 13.7. The van der Waals surface area contributed by atoms with Crippen molar-refractivity contribution in [2.75, 3.05) is 7.05 Å². The van der Waals surface area contributed by atoms with Crippen LogP contribution in [0.2, 0.25) is 0 Å². The third-order valence-electron chi connectivity index (χ3n) is 4.51. The van der Waals surface area contributed by atoms with Crippen molar-refractivity contribution in [3.05, 3.63) is 0 Å². The summed E-state index contributed by atoms with van der Waals surface area (Å²) in [6, 6.07) is 0.659. The molecule has 1 saturated carbocycles. The van der Waals surface area contributed by atoms with Gasteiger partial charge in [-0.1, -0.05) is 33.6 Å². The average Bonchev–Trinajstić information content (AvgIpc) is 2.71. The zero-order valence-electron chi connectivity index (χ0n) is 12.3. The zero-order valence-corrected chi connectivity index (χ0v) is 12.3. The Morgan fingerprint density at radius 1 is 1.33 bits per heavy atom. The van der Waals surface area contributed by atoms with Crippen LogP contribution in [-0.2, 0) is 0 Å². The van der Waals surface area contributed by atoms with Gasteiger partial charge in [-0.2, -0.15) is 0 Å². The normalized spacial score (nSPS) is 30.8. The fourth-order valence-corrected chi connectivity index (χ4v) is 3.36. The molecule has 0 heterocycles. The highest BCUT2D eigenvalue weighted by molar-refractivity contribution is 5.78. The summed E-state index contributed by atoms with van der Waals surface area (Å²) < 4.78 is 0. The van der Waals surface area contributed by atoms with E-state index < -0.39 is 0 Å². The van der Waals surface area contributed by atoms with Gasteiger partial charge in [0.05, 0.1) is 0 Å². The molecular weight excluding hydrogens is 224 g/mol. The van der Waals surface area contributed by atoms with Crippen LogP contribution >= 0.6 is 0 Å². The Kier molecular flexibility index (Phi) is 5.93. The maximum absolute atomic E-state index is 6.49. The third kappa shape index (κ3) is 3.61. The van der Waals surface area contributed by atoms with Gasteiger partial charge in [0, 0.05) is 19.1 Å². The molecular formula is C14H30N4. The lowest BCUT2D eigenvalue weighted by atomic mass is 9.82. The Hall–Kier alpha value is -0.770. The highest BCUT2D eigenvalue weighted by Crippen LogP contribution is 2.35. The van der Waals surface area contributed by atoms with Crippen LogP contribution in [0.3, 0.4) is 0 Å². The molecule has 1 unspecified atom stereocenters. The number of rotatable bonds is 5. The summed E-state index contributed by atoms with van der Waals surface area (Å²) in [4.78, 5) is 4.00. The number of aliphatic imine (C=N–C) groups is 1. The number of nitrogens with two attached hydrogens (primary N) is 2. The molecule has 0 aromatic carbocycles. The average molecular weight is 254 g/mol. The Labute approximate surface area is 112 Å². The van der Waals surface area contributed by atoms with Gasteiger partial charge >= 0.3 is 0 Å². The minimum Gasteiger partial charge on any atom is -0.370 e. The van der Waals surface area contributed by atoms with Gasteiger partial charge in [0.1, 0.15) is 0 Å². The number of guanidine groups is 1. The molecule has 0 spiro atoms. The molecule has 1 rings (SSSR count). The van der Waals surface area contributed by atoms with Crippen LogP contribution in [0.4, 0.5) is 0 Å². The second kappa shape index (κ2) is 6.98. The minimum absolute atomic E-state index is 0.270. The molecule has 4 atom stereocenters. The maximum atomic E-state index is 6.49. The number of nitrogens with one attached hydrogen (secondary N) is 1. The first-order chi connectivity index (χ1) is 8.53. The summed E-state index contributed by atoms with van der Waals surface area (Å²) in [6.07, 6.45) is 4.67. The largest absolute Gasteiger partial charge is 0.370 e. The van der Waals surface area contributed by atoms with Gasteiger partial charge in [0.25, 0.3) is 0 Å². The van der Waals surface area contributed by atoms with E-state index >= 15 is 0 Å². The summed E-state index contributed by atoms with van der Waals surface area (Å²) in [5.41, 5.74) is 12.3. The molecule has 4 nitrogen and oxygen atoms in total. The molecule has 18 heavy (non-hydrogen) atoms. The summed E-state index contributed by atoms with van der Waals surface area (Å²) in [5.74, 6) is 2.39. The van der Waals surface area contributed by atoms with Crippen molar-refractivity contribution in [3.8, 4) is 0 Å². The van der Waals surface area contributed by atoms with E-state index in [-0.39, 0.29) is 6.04 Å². The molecule has 1 aliphatic rings. The van der Waals surface area contributed by atoms with Crippen LogP contribution in [0, 0.1) is 17.8 Å². The monoisotopic (exact) mass is 254 g/mol. The van der Waals surface area contributed by atoms with Crippen LogP contribution < -0.4 is 16.8 Å². The van der Waals surface area contributed by atoms with E-state index in [9.17, 15) is 0 Å². The van der Waals surface area contributed by atoms with Gasteiger partial charge in [-0.25, -0.2) is 0 Å². The maximum Gasteiger partial charge on any atom is 0.188 e. The fourth-order valence-electron chi connectivity index (χ4n) is 3.36. The molecule has 0 aliphatic heterocycles. The highest BCUT2D eigenvalue weighted by atomic mass is 15.1. The number of nitrogens with zero attached hydrogens (tertiary/aromatic N) is 1. The minimum atomic E-state index is 0.270. The van der Waals surface area contributed by atoms with Crippen molar-refractivity contribution >= 4 is 5.96 Å². The molecule has 0 saturated heterocycles. The second-order valence-corrected chi connectivity index (χ2v) is 5.75. The lowest BCUT2D eigenvalue weighted by Crippen LogP contribution is -2.49. The standard InChI is InChI=1S/C14H30N4/c1-5-10(6-2)13(15)11-7-9(3)8-12(11)18-14(16)17-4/h9-13H,5-8,15H2,1-4H3,(H3,16,17,18)/t9-,11-,12-,13?/m1/s1. The van der Waals surface area contributed by atoms with E-state index in [1.807, 2.05) is 0 Å². The van der Waals surface area contributed by atoms with Gasteiger partial charge in [-0.3, -0.25) is 4.99 Å². The number of hydrogen-bond donors (Lipinski definition) is 3. The van der Waals surface area contributed by atoms with Gasteiger partial charge in [-0.15, -0.1) is 0 Å². The quantitative estimate of drug-likeness (QED) is 0.516. The summed E-state index contributed by atoms with van der Waals surface area (Å²) in [5, 5.41) is 3.34. The number of hydrogen-bond acceptors (Lipinski definition) is 2. The smallest absolute Gasteiger partial charge is 0.188 e. The second-order valence-electron chi connectivity index (χ2n) is 5.75. The molecule has 5 N–H and O–H groups in total. The van der Waals surface area contributed by atoms with Crippen molar-refractivity contribution in [1.29, 1.82) is 0 Å². The van der Waals surface area contributed by atoms with Crippen molar-refractivity contribution in [3.63, 3.8) is 0 Å². The van der Waals surface area contributed by atoms with Crippen LogP contribution in [0.15, 0.2) is 4.99 Å². The van der Waals surface area contributed by atoms with E-state index in [1.54, 1.807) is 7.05 Å². The van der Waals surface area contributed by atoms with Crippen molar-refractivity contribution in [1.82, 2.24) is 5.32 Å². The van der Waals surface area contributed by atoms with Crippen molar-refractivity contribution in [2.24, 2.45) is 34.2 Å². The molecule has 0 amide bonds. The Morgan fingerprint density at radius 2 is 1.94 bits per heavy atom. The molecule has 0 radical (unpaired) electrons. The van der Waals surface area contributed by atoms with E-state index in [2.05, 4.69) is 31.1 Å². The predicted molar refractivity (Wildman–Crippen MR) is 78.4 cm³/mol. The molecule has 106 valence electrons. The highest BCUT2D eigenvalue weighted by Gasteiger charge is 2.38. The molecule has 1 aliphatic carbocycles. The van der Waals surface area contributed by atoms with E-state index in [0.717, 1.165) is 25.2 Å².